The molecular formula is C21H16N2O2S. The Kier molecular flexibility index (Phi) is 4.37. The van der Waals surface area contributed by atoms with Crippen LogP contribution in [-0.4, -0.2) is 22.9 Å². The minimum atomic E-state index is -0.0648. The number of ether oxygens (including phenoxy) is 1. The number of thiophene rings is 1. The third-order valence-corrected chi connectivity index (χ3v) is 4.94. The lowest BCUT2D eigenvalue weighted by atomic mass is 10.0. The fourth-order valence-corrected chi connectivity index (χ4v) is 3.48. The van der Waals surface area contributed by atoms with Crippen molar-refractivity contribution in [3.63, 3.8) is 0 Å². The average Bonchev–Trinajstić information content (AvgIpc) is 3.35. The molecule has 0 spiro atoms. The molecule has 0 bridgehead atoms. The van der Waals surface area contributed by atoms with Crippen LogP contribution >= 0.6 is 11.3 Å². The van der Waals surface area contributed by atoms with E-state index in [1.165, 1.54) is 11.3 Å². The zero-order valence-electron chi connectivity index (χ0n) is 14.1. The van der Waals surface area contributed by atoms with Crippen molar-refractivity contribution in [1.82, 2.24) is 9.97 Å². The lowest BCUT2D eigenvalue weighted by Crippen LogP contribution is -2.02. The minimum absolute atomic E-state index is 0.0648. The van der Waals surface area contributed by atoms with Crippen LogP contribution in [0.1, 0.15) is 21.1 Å². The Morgan fingerprint density at radius 2 is 1.88 bits per heavy atom. The lowest BCUT2D eigenvalue weighted by Gasteiger charge is -2.07. The predicted molar refractivity (Wildman–Crippen MR) is 106 cm³/mol. The summed E-state index contributed by atoms with van der Waals surface area (Å²) < 4.78 is 5.43. The van der Waals surface area contributed by atoms with Gasteiger partial charge in [-0.2, -0.15) is 0 Å². The smallest absolute Gasteiger partial charge is 0.206 e. The van der Waals surface area contributed by atoms with Crippen LogP contribution in [0.25, 0.3) is 22.7 Å². The van der Waals surface area contributed by atoms with Crippen molar-refractivity contribution in [3.8, 4) is 5.75 Å². The van der Waals surface area contributed by atoms with Gasteiger partial charge in [0, 0.05) is 5.56 Å². The monoisotopic (exact) mass is 360 g/mol. The second kappa shape index (κ2) is 6.98. The van der Waals surface area contributed by atoms with Gasteiger partial charge in [-0.1, -0.05) is 36.4 Å². The summed E-state index contributed by atoms with van der Waals surface area (Å²) >= 11 is 1.42. The molecule has 0 saturated heterocycles. The van der Waals surface area contributed by atoms with E-state index in [-0.39, 0.29) is 5.78 Å². The molecule has 0 atom stereocenters. The number of imidazole rings is 1. The molecular weight excluding hydrogens is 344 g/mol. The minimum Gasteiger partial charge on any atom is -0.496 e. The maximum absolute atomic E-state index is 13.1. The third kappa shape index (κ3) is 3.05. The van der Waals surface area contributed by atoms with Gasteiger partial charge in [0.15, 0.2) is 0 Å². The molecule has 2 heterocycles. The van der Waals surface area contributed by atoms with Crippen molar-refractivity contribution in [2.75, 3.05) is 7.11 Å². The SMILES string of the molecule is COc1ccccc1C=C(C(=O)c1cccs1)c1nc2ccccc2[nH]1. The summed E-state index contributed by atoms with van der Waals surface area (Å²) in [5.74, 6) is 1.19. The number of aromatic amines is 1. The molecule has 26 heavy (non-hydrogen) atoms. The summed E-state index contributed by atoms with van der Waals surface area (Å²) in [5, 5.41) is 1.90. The first-order valence-electron chi connectivity index (χ1n) is 8.14. The van der Waals surface area contributed by atoms with Crippen molar-refractivity contribution in [1.29, 1.82) is 0 Å². The second-order valence-electron chi connectivity index (χ2n) is 5.71. The number of para-hydroxylation sites is 3. The summed E-state index contributed by atoms with van der Waals surface area (Å²) in [6, 6.07) is 19.0. The van der Waals surface area contributed by atoms with Crippen LogP contribution in [-0.2, 0) is 0 Å². The van der Waals surface area contributed by atoms with Crippen molar-refractivity contribution >= 4 is 39.8 Å². The Balaban J connectivity index is 1.89. The van der Waals surface area contributed by atoms with Gasteiger partial charge in [-0.15, -0.1) is 11.3 Å². The number of carbonyl (C=O) groups excluding carboxylic acids is 1. The standard InChI is InChI=1S/C21H16N2O2S/c1-25-18-10-5-2-7-14(18)13-15(20(24)19-11-6-12-26-19)21-22-16-8-3-4-9-17(16)23-21/h2-13H,1H3,(H,22,23). The number of hydrogen-bond acceptors (Lipinski definition) is 4. The number of H-pyrrole nitrogens is 1. The van der Waals surface area contributed by atoms with E-state index in [4.69, 9.17) is 4.74 Å². The molecule has 1 N–H and O–H groups in total. The van der Waals surface area contributed by atoms with Gasteiger partial charge < -0.3 is 9.72 Å². The van der Waals surface area contributed by atoms with Crippen molar-refractivity contribution < 1.29 is 9.53 Å². The lowest BCUT2D eigenvalue weighted by molar-refractivity contribution is 0.106. The molecule has 4 nitrogen and oxygen atoms in total. The highest BCUT2D eigenvalue weighted by atomic mass is 32.1. The van der Waals surface area contributed by atoms with Gasteiger partial charge in [0.2, 0.25) is 5.78 Å². The Hall–Kier alpha value is -3.18. The molecule has 0 amide bonds. The highest BCUT2D eigenvalue weighted by molar-refractivity contribution is 7.12. The highest BCUT2D eigenvalue weighted by Crippen LogP contribution is 2.28. The van der Waals surface area contributed by atoms with Crippen LogP contribution in [0.2, 0.25) is 0 Å². The highest BCUT2D eigenvalue weighted by Gasteiger charge is 2.19. The fourth-order valence-electron chi connectivity index (χ4n) is 2.80. The number of Topliss-reactive ketones (excluding diaryl/α,β-unsaturated/α-hetero) is 1. The number of nitrogens with one attached hydrogen (secondary N) is 1. The van der Waals surface area contributed by atoms with Gasteiger partial charge in [-0.25, -0.2) is 4.98 Å². The number of hydrogen-bond donors (Lipinski definition) is 1. The molecule has 0 saturated carbocycles. The van der Waals surface area contributed by atoms with Crippen LogP contribution in [0.5, 0.6) is 5.75 Å². The Morgan fingerprint density at radius 1 is 1.08 bits per heavy atom. The van der Waals surface area contributed by atoms with E-state index >= 15 is 0 Å². The van der Waals surface area contributed by atoms with E-state index in [1.54, 1.807) is 7.11 Å². The summed E-state index contributed by atoms with van der Waals surface area (Å²) in [6.45, 7) is 0. The van der Waals surface area contributed by atoms with Gasteiger partial charge in [0.05, 0.1) is 28.6 Å². The molecule has 4 aromatic rings. The van der Waals surface area contributed by atoms with Gasteiger partial charge in [-0.05, 0) is 35.7 Å². The van der Waals surface area contributed by atoms with Gasteiger partial charge >= 0.3 is 0 Å². The summed E-state index contributed by atoms with van der Waals surface area (Å²) in [4.78, 5) is 21.7. The molecule has 4 rings (SSSR count). The zero-order valence-corrected chi connectivity index (χ0v) is 14.9. The van der Waals surface area contributed by atoms with Crippen molar-refractivity contribution in [2.45, 2.75) is 0 Å². The molecule has 0 fully saturated rings. The number of aromatic nitrogens is 2. The number of benzene rings is 2. The molecule has 5 heteroatoms. The van der Waals surface area contributed by atoms with Gasteiger partial charge in [0.25, 0.3) is 0 Å². The maximum atomic E-state index is 13.1. The first-order valence-corrected chi connectivity index (χ1v) is 9.02. The molecule has 2 aromatic heterocycles. The molecule has 128 valence electrons. The van der Waals surface area contributed by atoms with E-state index in [0.717, 1.165) is 16.6 Å². The quantitative estimate of drug-likeness (QED) is 0.400. The number of allylic oxidation sites excluding steroid dienone is 1. The number of ketones is 1. The molecule has 2 aromatic carbocycles. The Bertz CT molecular complexity index is 1060. The maximum Gasteiger partial charge on any atom is 0.206 e. The number of fused-ring (bicyclic) bond motifs is 1. The number of carbonyl (C=O) groups is 1. The first kappa shape index (κ1) is 16.3. The molecule has 0 unspecified atom stereocenters. The van der Waals surface area contributed by atoms with Gasteiger partial charge in [0.1, 0.15) is 11.6 Å². The van der Waals surface area contributed by atoms with Crippen LogP contribution in [0.4, 0.5) is 0 Å². The van der Waals surface area contributed by atoms with Crippen LogP contribution in [0.3, 0.4) is 0 Å². The van der Waals surface area contributed by atoms with E-state index in [9.17, 15) is 4.79 Å². The normalized spacial score (nSPS) is 11.7. The van der Waals surface area contributed by atoms with Gasteiger partial charge in [-0.3, -0.25) is 4.79 Å². The van der Waals surface area contributed by atoms with E-state index < -0.39 is 0 Å². The average molecular weight is 360 g/mol. The first-order chi connectivity index (χ1) is 12.8. The summed E-state index contributed by atoms with van der Waals surface area (Å²) in [7, 11) is 1.62. The van der Waals surface area contributed by atoms with E-state index in [1.807, 2.05) is 72.1 Å². The van der Waals surface area contributed by atoms with Crippen LogP contribution < -0.4 is 4.74 Å². The fraction of sp³-hybridized carbons (Fsp3) is 0.0476. The third-order valence-electron chi connectivity index (χ3n) is 4.07. The van der Waals surface area contributed by atoms with Crippen molar-refractivity contribution in [3.05, 3.63) is 82.3 Å². The number of rotatable bonds is 5. The second-order valence-corrected chi connectivity index (χ2v) is 6.66. The Labute approximate surface area is 154 Å². The molecule has 0 aliphatic heterocycles. The topological polar surface area (TPSA) is 55.0 Å². The molecule has 0 aliphatic rings. The van der Waals surface area contributed by atoms with Crippen LogP contribution in [0, 0.1) is 0 Å². The molecule has 0 radical (unpaired) electrons. The van der Waals surface area contributed by atoms with Crippen LogP contribution in [0.15, 0.2) is 66.0 Å². The number of methoxy groups -OCH3 is 1. The summed E-state index contributed by atoms with van der Waals surface area (Å²) in [5.41, 5.74) is 3.06. The molecule has 0 aliphatic carbocycles. The van der Waals surface area contributed by atoms with E-state index in [0.29, 0.717) is 22.0 Å². The Morgan fingerprint density at radius 3 is 2.65 bits per heavy atom. The van der Waals surface area contributed by atoms with E-state index in [2.05, 4.69) is 9.97 Å². The van der Waals surface area contributed by atoms with Crippen molar-refractivity contribution in [2.24, 2.45) is 0 Å². The zero-order chi connectivity index (χ0) is 17.9. The predicted octanol–water partition coefficient (Wildman–Crippen LogP) is 5.06. The summed E-state index contributed by atoms with van der Waals surface area (Å²) in [6.07, 6.45) is 1.83. The number of nitrogens with zero attached hydrogens (tertiary/aromatic N) is 1. The largest absolute Gasteiger partial charge is 0.496 e.